The molecule has 2 aromatic carbocycles. The molecule has 6 heteroatoms. The number of benzene rings is 2. The van der Waals surface area contributed by atoms with Crippen molar-refractivity contribution in [2.45, 2.75) is 57.2 Å². The van der Waals surface area contributed by atoms with Gasteiger partial charge in [0.25, 0.3) is 0 Å². The van der Waals surface area contributed by atoms with Crippen LogP contribution in [0.15, 0.2) is 91.3 Å². The molecule has 3 heterocycles. The van der Waals surface area contributed by atoms with Crippen molar-refractivity contribution in [2.24, 2.45) is 0 Å². The van der Waals surface area contributed by atoms with E-state index >= 15 is 0 Å². The van der Waals surface area contributed by atoms with Crippen LogP contribution in [0.25, 0.3) is 0 Å². The third-order valence-electron chi connectivity index (χ3n) is 7.62. The average Bonchev–Trinajstić information content (AvgIpc) is 3.56. The topological polar surface area (TPSA) is 42.3 Å². The molecule has 6 rings (SSSR count). The largest absolute Gasteiger partial charge is 0.457 e. The van der Waals surface area contributed by atoms with Gasteiger partial charge in [-0.3, -0.25) is 4.98 Å². The van der Waals surface area contributed by atoms with Gasteiger partial charge in [-0.05, 0) is 92.1 Å². The fourth-order valence-corrected chi connectivity index (χ4v) is 6.10. The highest BCUT2D eigenvalue weighted by atomic mass is 32.1. The van der Waals surface area contributed by atoms with Crippen molar-refractivity contribution in [3.63, 3.8) is 0 Å². The van der Waals surface area contributed by atoms with Crippen molar-refractivity contribution in [1.29, 1.82) is 0 Å². The summed E-state index contributed by atoms with van der Waals surface area (Å²) in [4.78, 5) is 6.97. The first-order valence-corrected chi connectivity index (χ1v) is 13.6. The fourth-order valence-electron chi connectivity index (χ4n) is 5.76. The van der Waals surface area contributed by atoms with E-state index in [1.54, 1.807) is 0 Å². The predicted molar refractivity (Wildman–Crippen MR) is 152 cm³/mol. The zero-order chi connectivity index (χ0) is 25.2. The second-order valence-corrected chi connectivity index (χ2v) is 10.4. The lowest BCUT2D eigenvalue weighted by Gasteiger charge is -2.32. The van der Waals surface area contributed by atoms with Crippen LogP contribution < -0.4 is 15.0 Å². The van der Waals surface area contributed by atoms with Crippen molar-refractivity contribution < 1.29 is 4.74 Å². The van der Waals surface area contributed by atoms with Crippen LogP contribution >= 0.6 is 12.2 Å². The van der Waals surface area contributed by atoms with E-state index in [1.807, 2.05) is 48.7 Å². The van der Waals surface area contributed by atoms with E-state index in [2.05, 4.69) is 64.3 Å². The van der Waals surface area contributed by atoms with Gasteiger partial charge in [0.2, 0.25) is 0 Å². The van der Waals surface area contributed by atoms with Crippen molar-refractivity contribution in [2.75, 3.05) is 4.90 Å². The van der Waals surface area contributed by atoms with E-state index in [0.29, 0.717) is 11.2 Å². The molecule has 1 aliphatic heterocycles. The summed E-state index contributed by atoms with van der Waals surface area (Å²) in [5.74, 6) is 1.67. The quantitative estimate of drug-likeness (QED) is 0.271. The summed E-state index contributed by atoms with van der Waals surface area (Å²) in [6.07, 6.45) is 10.5. The number of nitrogens with zero attached hydrogens (tertiary/aromatic N) is 3. The lowest BCUT2D eigenvalue weighted by Crippen LogP contribution is -2.31. The standard InChI is InChI=1S/C31H32N4OS/c1-22-10-5-6-15-28(22)36-25-18-16-24(17-19-25)35-30(29(33-31(35)37)26-13-7-8-20-32-26)27-14-9-21-34(27)23-11-3-2-4-12-23/h5-10,13-21,23,29-30H,2-4,11-12H2,1H3,(H,33,37)/t29-,30-/m0/s1. The van der Waals surface area contributed by atoms with Crippen molar-refractivity contribution in [3.05, 3.63) is 108 Å². The molecule has 1 aliphatic carbocycles. The summed E-state index contributed by atoms with van der Waals surface area (Å²) in [6.45, 7) is 2.06. The number of nitrogens with one attached hydrogen (secondary N) is 1. The molecule has 4 aromatic rings. The van der Waals surface area contributed by atoms with Gasteiger partial charge in [-0.15, -0.1) is 0 Å². The third-order valence-corrected chi connectivity index (χ3v) is 7.93. The Hall–Kier alpha value is -3.64. The maximum atomic E-state index is 6.16. The minimum absolute atomic E-state index is 0.0116. The minimum atomic E-state index is -0.0474. The summed E-state index contributed by atoms with van der Waals surface area (Å²) >= 11 is 5.95. The third kappa shape index (κ3) is 4.74. The number of thiocarbonyl (C=S) groups is 1. The number of para-hydroxylation sites is 1. The van der Waals surface area contributed by atoms with Crippen molar-refractivity contribution in [1.82, 2.24) is 14.9 Å². The van der Waals surface area contributed by atoms with E-state index < -0.39 is 0 Å². The summed E-state index contributed by atoms with van der Waals surface area (Å²) in [7, 11) is 0. The van der Waals surface area contributed by atoms with E-state index in [1.165, 1.54) is 37.8 Å². The molecule has 0 bridgehead atoms. The van der Waals surface area contributed by atoms with Gasteiger partial charge in [0.05, 0.1) is 11.7 Å². The number of anilines is 1. The summed E-state index contributed by atoms with van der Waals surface area (Å²) in [5, 5.41) is 4.31. The molecule has 0 unspecified atom stereocenters. The molecular weight excluding hydrogens is 476 g/mol. The molecule has 37 heavy (non-hydrogen) atoms. The van der Waals surface area contributed by atoms with Crippen LogP contribution in [0, 0.1) is 6.92 Å². The monoisotopic (exact) mass is 508 g/mol. The van der Waals surface area contributed by atoms with Gasteiger partial charge in [-0.2, -0.15) is 0 Å². The molecule has 0 radical (unpaired) electrons. The lowest BCUT2D eigenvalue weighted by molar-refractivity contribution is 0.340. The predicted octanol–water partition coefficient (Wildman–Crippen LogP) is 7.67. The molecular formula is C31H32N4OS. The number of aromatic nitrogens is 2. The van der Waals surface area contributed by atoms with Crippen LogP contribution in [0.3, 0.4) is 0 Å². The molecule has 2 aliphatic rings. The molecule has 1 saturated carbocycles. The number of ether oxygens (including phenoxy) is 1. The van der Waals surface area contributed by atoms with E-state index in [4.69, 9.17) is 21.9 Å². The van der Waals surface area contributed by atoms with Gasteiger partial charge in [-0.1, -0.05) is 43.5 Å². The molecule has 1 N–H and O–H groups in total. The van der Waals surface area contributed by atoms with Crippen LogP contribution in [0.1, 0.15) is 67.2 Å². The minimum Gasteiger partial charge on any atom is -0.457 e. The second kappa shape index (κ2) is 10.4. The Morgan fingerprint density at radius 3 is 2.43 bits per heavy atom. The molecule has 2 fully saturated rings. The Kier molecular flexibility index (Phi) is 6.66. The highest BCUT2D eigenvalue weighted by molar-refractivity contribution is 7.80. The Bertz CT molecular complexity index is 1360. The second-order valence-electron chi connectivity index (χ2n) is 9.99. The maximum absolute atomic E-state index is 6.16. The number of hydrogen-bond donors (Lipinski definition) is 1. The van der Waals surface area contributed by atoms with Gasteiger partial charge in [0, 0.05) is 29.8 Å². The van der Waals surface area contributed by atoms with Gasteiger partial charge < -0.3 is 19.5 Å². The van der Waals surface area contributed by atoms with E-state index in [9.17, 15) is 0 Å². The maximum Gasteiger partial charge on any atom is 0.174 e. The SMILES string of the molecule is Cc1ccccc1Oc1ccc(N2C(=S)N[C@@H](c3ccccn3)[C@@H]2c2cccn2C2CCCCC2)cc1. The van der Waals surface area contributed by atoms with Gasteiger partial charge in [-0.25, -0.2) is 0 Å². The van der Waals surface area contributed by atoms with Crippen LogP contribution in [-0.2, 0) is 0 Å². The molecule has 0 spiro atoms. The Labute approximate surface area is 224 Å². The first-order chi connectivity index (χ1) is 18.2. The van der Waals surface area contributed by atoms with Crippen LogP contribution in [-0.4, -0.2) is 14.7 Å². The van der Waals surface area contributed by atoms with Gasteiger partial charge >= 0.3 is 0 Å². The first kappa shape index (κ1) is 23.7. The van der Waals surface area contributed by atoms with E-state index in [-0.39, 0.29) is 12.1 Å². The Balaban J connectivity index is 1.36. The summed E-state index contributed by atoms with van der Waals surface area (Å²) < 4.78 is 8.66. The van der Waals surface area contributed by atoms with Crippen LogP contribution in [0.2, 0.25) is 0 Å². The summed E-state index contributed by atoms with van der Waals surface area (Å²) in [5.41, 5.74) is 4.41. The average molecular weight is 509 g/mol. The number of pyridine rings is 1. The fraction of sp³-hybridized carbons (Fsp3) is 0.290. The van der Waals surface area contributed by atoms with Crippen LogP contribution in [0.5, 0.6) is 11.5 Å². The smallest absolute Gasteiger partial charge is 0.174 e. The number of rotatable bonds is 6. The molecule has 188 valence electrons. The molecule has 2 atom stereocenters. The lowest BCUT2D eigenvalue weighted by atomic mass is 9.94. The normalized spacial score (nSPS) is 20.1. The number of hydrogen-bond acceptors (Lipinski definition) is 3. The zero-order valence-corrected chi connectivity index (χ0v) is 21.9. The highest BCUT2D eigenvalue weighted by Gasteiger charge is 2.42. The first-order valence-electron chi connectivity index (χ1n) is 13.2. The highest BCUT2D eigenvalue weighted by Crippen LogP contribution is 2.44. The van der Waals surface area contributed by atoms with Crippen molar-refractivity contribution in [3.8, 4) is 11.5 Å². The van der Waals surface area contributed by atoms with E-state index in [0.717, 1.165) is 28.4 Å². The van der Waals surface area contributed by atoms with Crippen molar-refractivity contribution >= 4 is 23.0 Å². The Morgan fingerprint density at radius 2 is 1.68 bits per heavy atom. The molecule has 1 saturated heterocycles. The summed E-state index contributed by atoms with van der Waals surface area (Å²) in [6, 6.07) is 27.3. The molecule has 2 aromatic heterocycles. The zero-order valence-electron chi connectivity index (χ0n) is 21.1. The molecule has 5 nitrogen and oxygen atoms in total. The van der Waals surface area contributed by atoms with Crippen LogP contribution in [0.4, 0.5) is 5.69 Å². The van der Waals surface area contributed by atoms with Gasteiger partial charge in [0.1, 0.15) is 17.5 Å². The molecule has 0 amide bonds. The number of aryl methyl sites for hydroxylation is 1. The van der Waals surface area contributed by atoms with Gasteiger partial charge in [0.15, 0.2) is 5.11 Å². The Morgan fingerprint density at radius 1 is 0.892 bits per heavy atom.